The van der Waals surface area contributed by atoms with Gasteiger partial charge >= 0.3 is 144 Å². The minimum atomic E-state index is -2.94. The van der Waals surface area contributed by atoms with Gasteiger partial charge in [0.05, 0.1) is 0 Å². The Morgan fingerprint density at radius 1 is 1.08 bits per heavy atom. The fourth-order valence-corrected chi connectivity index (χ4v) is 30.2. The number of halogens is 2. The standard InChI is InChI=1S/C10H15.C8H11.2CH3.2ClH.GeH2.Zr/c1-8-5-6-9(7-8)10(2,3)4;1-6-4-7(2)8(3)5-6;;;;;;/h7H,6H2,1-4H3;4,6H,1-3H3;2*1H3;2*1H;1H2;. The molecule has 1 atom stereocenters. The summed E-state index contributed by atoms with van der Waals surface area (Å²) in [5.41, 5.74) is 6.70. The van der Waals surface area contributed by atoms with Crippen molar-refractivity contribution in [2.45, 2.75) is 64.2 Å². The first-order chi connectivity index (χ1) is 9.74. The van der Waals surface area contributed by atoms with Crippen molar-refractivity contribution in [3.05, 3.63) is 41.0 Å². The number of allylic oxidation sites excluding steroid dienone is 8. The Morgan fingerprint density at radius 3 is 1.92 bits per heavy atom. The Bertz CT molecular complexity index is 721. The average Bonchev–Trinajstić information content (AvgIpc) is 2.80. The van der Waals surface area contributed by atoms with Crippen LogP contribution in [0.3, 0.4) is 0 Å². The molecule has 0 nitrogen and oxygen atoms in total. The molecule has 0 aromatic rings. The molecule has 0 fully saturated rings. The van der Waals surface area contributed by atoms with E-state index in [4.69, 9.17) is 0 Å². The number of hydrogen-bond donors (Lipinski definition) is 0. The molecule has 0 amide bonds. The van der Waals surface area contributed by atoms with Crippen molar-refractivity contribution >= 4 is 37.0 Å². The first-order valence-electron chi connectivity index (χ1n) is 8.63. The van der Waals surface area contributed by atoms with Crippen LogP contribution in [0.4, 0.5) is 0 Å². The molecule has 138 valence electrons. The molecule has 2 aliphatic carbocycles. The van der Waals surface area contributed by atoms with Crippen LogP contribution in [0.2, 0.25) is 9.26 Å². The molecular weight excluding hydrogens is 475 g/mol. The second-order valence-electron chi connectivity index (χ2n) is 9.62. The normalized spacial score (nSPS) is 22.2. The van der Waals surface area contributed by atoms with E-state index in [9.17, 15) is 0 Å². The molecule has 24 heavy (non-hydrogen) atoms. The summed E-state index contributed by atoms with van der Waals surface area (Å²) in [6, 6.07) is 0. The quantitative estimate of drug-likeness (QED) is 0.363. The predicted molar refractivity (Wildman–Crippen MR) is 115 cm³/mol. The van der Waals surface area contributed by atoms with E-state index in [2.05, 4.69) is 69.9 Å². The van der Waals surface area contributed by atoms with Crippen molar-refractivity contribution in [2.24, 2.45) is 11.3 Å². The summed E-state index contributed by atoms with van der Waals surface area (Å²) in [4.78, 5) is 0. The smallest absolute Gasteiger partial charge is 0.147 e. The molecule has 0 radical (unpaired) electrons. The van der Waals surface area contributed by atoms with Crippen LogP contribution in [0.5, 0.6) is 0 Å². The van der Waals surface area contributed by atoms with E-state index in [0.717, 1.165) is 0 Å². The maximum Gasteiger partial charge on any atom is -0.147 e. The molecule has 0 aromatic heterocycles. The first-order valence-corrected chi connectivity index (χ1v) is 26.5. The van der Waals surface area contributed by atoms with Gasteiger partial charge < -0.3 is 0 Å². The molecule has 0 saturated heterocycles. The van der Waals surface area contributed by atoms with Gasteiger partial charge in [-0.05, 0) is 0 Å². The molecule has 1 unspecified atom stereocenters. The van der Waals surface area contributed by atoms with Crippen molar-refractivity contribution in [1.29, 1.82) is 0 Å². The van der Waals surface area contributed by atoms with E-state index < -0.39 is 15.7 Å². The van der Waals surface area contributed by atoms with E-state index in [1.54, 1.807) is 16.7 Å². The van der Waals surface area contributed by atoms with Crippen LogP contribution in [0.15, 0.2) is 41.0 Å². The zero-order valence-corrected chi connectivity index (χ0v) is 24.0. The van der Waals surface area contributed by atoms with Gasteiger partial charge in [0, 0.05) is 0 Å². The van der Waals surface area contributed by atoms with Gasteiger partial charge in [0.1, 0.15) is 0 Å². The van der Waals surface area contributed by atoms with Crippen LogP contribution >= 0.6 is 24.8 Å². The summed E-state index contributed by atoms with van der Waals surface area (Å²) in [6.07, 6.45) is 6.26. The molecule has 0 aliphatic heterocycles. The van der Waals surface area contributed by atoms with Crippen LogP contribution in [0.25, 0.3) is 0 Å². The van der Waals surface area contributed by atoms with E-state index in [1.807, 2.05) is 6.56 Å². The monoisotopic (exact) mass is 510 g/mol. The molecular formula is C20H36Cl2GeZr. The molecule has 4 heteroatoms. The van der Waals surface area contributed by atoms with Crippen LogP contribution in [0, 0.1) is 11.3 Å². The van der Waals surface area contributed by atoms with Crippen molar-refractivity contribution in [3.63, 3.8) is 0 Å². The van der Waals surface area contributed by atoms with Gasteiger partial charge in [-0.15, -0.1) is 24.8 Å². The first kappa shape index (κ1) is 25.0. The molecule has 2 aliphatic rings. The van der Waals surface area contributed by atoms with Crippen molar-refractivity contribution in [3.8, 4) is 0 Å². The fourth-order valence-electron chi connectivity index (χ4n) is 4.76. The van der Waals surface area contributed by atoms with Crippen LogP contribution in [-0.4, -0.2) is 12.1 Å². The molecule has 0 aromatic carbocycles. The Hall–Kier alpha value is 0.966. The predicted octanol–water partition coefficient (Wildman–Crippen LogP) is 6.68. The van der Waals surface area contributed by atoms with Gasteiger partial charge in [0.25, 0.3) is 0 Å². The molecule has 0 heterocycles. The summed E-state index contributed by atoms with van der Waals surface area (Å²) in [5, 5.41) is 0. The summed E-state index contributed by atoms with van der Waals surface area (Å²) in [6.45, 7) is 16.6. The van der Waals surface area contributed by atoms with Crippen molar-refractivity contribution < 1.29 is 15.7 Å². The molecule has 2 rings (SSSR count). The van der Waals surface area contributed by atoms with E-state index >= 15 is 0 Å². The van der Waals surface area contributed by atoms with Gasteiger partial charge in [-0.1, -0.05) is 0 Å². The molecule has 0 N–H and O–H groups in total. The largest absolute Gasteiger partial charge is 0.147 e. The van der Waals surface area contributed by atoms with Crippen molar-refractivity contribution in [1.82, 2.24) is 0 Å². The van der Waals surface area contributed by atoms with Crippen LogP contribution in [0.1, 0.15) is 54.9 Å². The fraction of sp³-hybridized carbons (Fsp3) is 0.600. The van der Waals surface area contributed by atoms with Crippen LogP contribution in [-0.2, 0) is 15.7 Å². The van der Waals surface area contributed by atoms with E-state index in [-0.39, 0.29) is 24.8 Å². The third-order valence-electron chi connectivity index (χ3n) is 5.98. The maximum atomic E-state index is 2.71. The van der Waals surface area contributed by atoms with E-state index in [1.165, 1.54) is 24.1 Å². The zero-order valence-electron chi connectivity index (χ0n) is 17.0. The van der Waals surface area contributed by atoms with Gasteiger partial charge in [0.15, 0.2) is 0 Å². The summed E-state index contributed by atoms with van der Waals surface area (Å²) in [7, 11) is 0. The third-order valence-corrected chi connectivity index (χ3v) is 28.5. The SMILES string of the molecule is CC1=CC(C)[C]([Zr]([CH3])([CH3])(=[GeH2])[C]2=C(C)C=C(C(C)(C)C)C2)=C1C.Cl.Cl. The minimum Gasteiger partial charge on any atom is -0.147 e. The zero-order chi connectivity index (χ0) is 17.1. The Balaban J connectivity index is 0.00000264. The second kappa shape index (κ2) is 7.53. The number of hydrogen-bond acceptors (Lipinski definition) is 0. The second-order valence-corrected chi connectivity index (χ2v) is 52.0. The summed E-state index contributed by atoms with van der Waals surface area (Å²) in [5.74, 6) is 0.661. The Kier molecular flexibility index (Phi) is 7.84. The Morgan fingerprint density at radius 2 is 1.58 bits per heavy atom. The van der Waals surface area contributed by atoms with Gasteiger partial charge in [-0.25, -0.2) is 0 Å². The molecule has 0 saturated carbocycles. The number of rotatable bonds is 2. The summed E-state index contributed by atoms with van der Waals surface area (Å²) >= 11 is -1.46. The molecule has 0 bridgehead atoms. The maximum absolute atomic E-state index is 2.94. The van der Waals surface area contributed by atoms with Gasteiger partial charge in [-0.3, -0.25) is 0 Å². The van der Waals surface area contributed by atoms with E-state index in [0.29, 0.717) is 11.3 Å². The Labute approximate surface area is 167 Å². The minimum absolute atomic E-state index is 0. The topological polar surface area (TPSA) is 0 Å². The van der Waals surface area contributed by atoms with Crippen LogP contribution < -0.4 is 0 Å². The molecule has 0 spiro atoms. The van der Waals surface area contributed by atoms with Gasteiger partial charge in [-0.2, -0.15) is 0 Å². The van der Waals surface area contributed by atoms with Gasteiger partial charge in [0.2, 0.25) is 0 Å². The average molecular weight is 511 g/mol. The third kappa shape index (κ3) is 4.27. The summed E-state index contributed by atoms with van der Waals surface area (Å²) < 4.78 is 9.16. The van der Waals surface area contributed by atoms with Crippen molar-refractivity contribution in [2.75, 3.05) is 0 Å².